The molecule has 1 aromatic carbocycles. The molecule has 1 fully saturated rings. The van der Waals surface area contributed by atoms with Gasteiger partial charge in [0.1, 0.15) is 12.4 Å². The Kier molecular flexibility index (Phi) is 5.08. The summed E-state index contributed by atoms with van der Waals surface area (Å²) >= 11 is 5.93. The first kappa shape index (κ1) is 14.6. The molecule has 0 aromatic heterocycles. The molecule has 1 aromatic rings. The summed E-state index contributed by atoms with van der Waals surface area (Å²) in [7, 11) is 0. The highest BCUT2D eigenvalue weighted by molar-refractivity contribution is 6.30. The minimum absolute atomic E-state index is 0.306. The minimum Gasteiger partial charge on any atom is -0.492 e. The number of nitrogens with zero attached hydrogens (tertiary/aromatic N) is 1. The first-order valence-electron chi connectivity index (χ1n) is 6.81. The quantitative estimate of drug-likeness (QED) is 0.847. The average molecular weight is 284 g/mol. The Bertz CT molecular complexity index is 415. The summed E-state index contributed by atoms with van der Waals surface area (Å²) in [6.07, 6.45) is 0.613. The zero-order valence-corrected chi connectivity index (χ0v) is 12.6. The summed E-state index contributed by atoms with van der Waals surface area (Å²) < 4.78 is 11.5. The van der Waals surface area contributed by atoms with Gasteiger partial charge in [-0.05, 0) is 44.5 Å². The van der Waals surface area contributed by atoms with Crippen LogP contribution in [-0.4, -0.2) is 43.3 Å². The van der Waals surface area contributed by atoms with Crippen molar-refractivity contribution < 1.29 is 9.47 Å². The van der Waals surface area contributed by atoms with E-state index in [2.05, 4.69) is 18.7 Å². The molecule has 2 atom stereocenters. The van der Waals surface area contributed by atoms with E-state index in [0.717, 1.165) is 36.0 Å². The van der Waals surface area contributed by atoms with Crippen LogP contribution in [-0.2, 0) is 4.74 Å². The zero-order valence-electron chi connectivity index (χ0n) is 11.9. The first-order valence-corrected chi connectivity index (χ1v) is 7.19. The molecule has 1 aliphatic heterocycles. The van der Waals surface area contributed by atoms with Crippen LogP contribution in [0.5, 0.6) is 5.75 Å². The van der Waals surface area contributed by atoms with Crippen LogP contribution in [0.4, 0.5) is 0 Å². The van der Waals surface area contributed by atoms with Crippen molar-refractivity contribution in [1.29, 1.82) is 0 Å². The van der Waals surface area contributed by atoms with E-state index in [4.69, 9.17) is 21.1 Å². The molecule has 0 radical (unpaired) electrons. The summed E-state index contributed by atoms with van der Waals surface area (Å²) in [6.45, 7) is 9.84. The molecule has 3 nitrogen and oxygen atoms in total. The zero-order chi connectivity index (χ0) is 13.8. The van der Waals surface area contributed by atoms with Crippen molar-refractivity contribution in [3.63, 3.8) is 0 Å². The van der Waals surface area contributed by atoms with Crippen molar-refractivity contribution in [3.8, 4) is 5.75 Å². The van der Waals surface area contributed by atoms with Crippen molar-refractivity contribution in [1.82, 2.24) is 4.90 Å². The molecule has 0 unspecified atom stereocenters. The van der Waals surface area contributed by atoms with Gasteiger partial charge in [0.05, 0.1) is 12.2 Å². The molecule has 0 aliphatic carbocycles. The first-order chi connectivity index (χ1) is 9.04. The molecule has 1 aliphatic rings. The van der Waals surface area contributed by atoms with E-state index in [0.29, 0.717) is 18.8 Å². The van der Waals surface area contributed by atoms with Crippen molar-refractivity contribution in [2.75, 3.05) is 26.2 Å². The van der Waals surface area contributed by atoms with Gasteiger partial charge in [0.15, 0.2) is 0 Å². The third kappa shape index (κ3) is 4.37. The SMILES string of the molecule is Cc1cc(Cl)ccc1OCCN1C[C@H](C)O[C@@H](C)C1. The second kappa shape index (κ2) is 6.60. The number of hydrogen-bond acceptors (Lipinski definition) is 3. The van der Waals surface area contributed by atoms with Crippen LogP contribution in [0.3, 0.4) is 0 Å². The molecule has 0 N–H and O–H groups in total. The normalized spacial score (nSPS) is 24.4. The lowest BCUT2D eigenvalue weighted by Gasteiger charge is -2.35. The average Bonchev–Trinajstić information content (AvgIpc) is 2.30. The number of aryl methyl sites for hydroxylation is 1. The van der Waals surface area contributed by atoms with Gasteiger partial charge in [0, 0.05) is 24.7 Å². The van der Waals surface area contributed by atoms with E-state index < -0.39 is 0 Å². The highest BCUT2D eigenvalue weighted by Crippen LogP contribution is 2.21. The van der Waals surface area contributed by atoms with Crippen LogP contribution in [0, 0.1) is 6.92 Å². The summed E-state index contributed by atoms with van der Waals surface area (Å²) in [5.41, 5.74) is 1.08. The van der Waals surface area contributed by atoms with Crippen LogP contribution < -0.4 is 4.74 Å². The van der Waals surface area contributed by atoms with Crippen molar-refractivity contribution >= 4 is 11.6 Å². The Labute approximate surface area is 120 Å². The fourth-order valence-corrected chi connectivity index (χ4v) is 2.75. The minimum atomic E-state index is 0.306. The number of rotatable bonds is 4. The Balaban J connectivity index is 1.80. The van der Waals surface area contributed by atoms with Gasteiger partial charge in [-0.1, -0.05) is 11.6 Å². The summed E-state index contributed by atoms with van der Waals surface area (Å²) in [6, 6.07) is 5.72. The number of benzene rings is 1. The van der Waals surface area contributed by atoms with Crippen LogP contribution in [0.15, 0.2) is 18.2 Å². The molecule has 2 rings (SSSR count). The third-order valence-corrected chi connectivity index (χ3v) is 3.53. The number of halogens is 1. The van der Waals surface area contributed by atoms with E-state index in [1.165, 1.54) is 0 Å². The number of morpholine rings is 1. The summed E-state index contributed by atoms with van der Waals surface area (Å²) in [4.78, 5) is 2.39. The van der Waals surface area contributed by atoms with Crippen LogP contribution in [0.1, 0.15) is 19.4 Å². The van der Waals surface area contributed by atoms with Crippen molar-refractivity contribution in [3.05, 3.63) is 28.8 Å². The van der Waals surface area contributed by atoms with Gasteiger partial charge in [-0.15, -0.1) is 0 Å². The maximum Gasteiger partial charge on any atom is 0.122 e. The maximum absolute atomic E-state index is 5.93. The van der Waals surface area contributed by atoms with Gasteiger partial charge in [-0.3, -0.25) is 4.90 Å². The molecule has 0 spiro atoms. The molecule has 19 heavy (non-hydrogen) atoms. The number of ether oxygens (including phenoxy) is 2. The third-order valence-electron chi connectivity index (χ3n) is 3.30. The Morgan fingerprint density at radius 1 is 1.32 bits per heavy atom. The predicted molar refractivity (Wildman–Crippen MR) is 78.1 cm³/mol. The molecule has 106 valence electrons. The maximum atomic E-state index is 5.93. The van der Waals surface area contributed by atoms with Crippen LogP contribution in [0.25, 0.3) is 0 Å². The predicted octanol–water partition coefficient (Wildman–Crippen LogP) is 3.14. The van der Waals surface area contributed by atoms with Gasteiger partial charge in [-0.2, -0.15) is 0 Å². The molecule has 1 heterocycles. The highest BCUT2D eigenvalue weighted by Gasteiger charge is 2.21. The second-order valence-electron chi connectivity index (χ2n) is 5.28. The van der Waals surface area contributed by atoms with E-state index in [1.807, 2.05) is 25.1 Å². The molecule has 0 saturated carbocycles. The van der Waals surface area contributed by atoms with Crippen molar-refractivity contribution in [2.24, 2.45) is 0 Å². The highest BCUT2D eigenvalue weighted by atomic mass is 35.5. The molecular weight excluding hydrogens is 262 g/mol. The largest absolute Gasteiger partial charge is 0.492 e. The lowest BCUT2D eigenvalue weighted by atomic mass is 10.2. The topological polar surface area (TPSA) is 21.7 Å². The molecule has 0 bridgehead atoms. The lowest BCUT2D eigenvalue weighted by molar-refractivity contribution is -0.0699. The standard InChI is InChI=1S/C15H22ClNO2/c1-11-8-14(16)4-5-15(11)18-7-6-17-9-12(2)19-13(3)10-17/h4-5,8,12-13H,6-7,9-10H2,1-3H3/t12-,13-/m0/s1. The molecule has 4 heteroatoms. The Morgan fingerprint density at radius 3 is 2.63 bits per heavy atom. The molecule has 0 amide bonds. The van der Waals surface area contributed by atoms with Gasteiger partial charge < -0.3 is 9.47 Å². The monoisotopic (exact) mass is 283 g/mol. The van der Waals surface area contributed by atoms with E-state index in [1.54, 1.807) is 0 Å². The van der Waals surface area contributed by atoms with E-state index in [9.17, 15) is 0 Å². The second-order valence-corrected chi connectivity index (χ2v) is 5.71. The van der Waals surface area contributed by atoms with Gasteiger partial charge in [-0.25, -0.2) is 0 Å². The van der Waals surface area contributed by atoms with Crippen LogP contribution >= 0.6 is 11.6 Å². The Morgan fingerprint density at radius 2 is 2.00 bits per heavy atom. The summed E-state index contributed by atoms with van der Waals surface area (Å²) in [5.74, 6) is 0.916. The van der Waals surface area contributed by atoms with Gasteiger partial charge in [0.25, 0.3) is 0 Å². The van der Waals surface area contributed by atoms with E-state index >= 15 is 0 Å². The van der Waals surface area contributed by atoms with Crippen molar-refractivity contribution in [2.45, 2.75) is 33.0 Å². The molecule has 1 saturated heterocycles. The van der Waals surface area contributed by atoms with Gasteiger partial charge >= 0.3 is 0 Å². The Hall–Kier alpha value is -0.770. The lowest BCUT2D eigenvalue weighted by Crippen LogP contribution is -2.46. The number of hydrogen-bond donors (Lipinski definition) is 0. The van der Waals surface area contributed by atoms with Crippen LogP contribution in [0.2, 0.25) is 5.02 Å². The summed E-state index contributed by atoms with van der Waals surface area (Å²) in [5, 5.41) is 0.751. The fraction of sp³-hybridized carbons (Fsp3) is 0.600. The smallest absolute Gasteiger partial charge is 0.122 e. The van der Waals surface area contributed by atoms with Gasteiger partial charge in [0.2, 0.25) is 0 Å². The molecular formula is C15H22ClNO2. The van der Waals surface area contributed by atoms with E-state index in [-0.39, 0.29) is 0 Å². The fourth-order valence-electron chi connectivity index (χ4n) is 2.53.